The zero-order valence-corrected chi connectivity index (χ0v) is 16.1. The first-order chi connectivity index (χ1) is 13.2. The first-order valence-electron chi connectivity index (χ1n) is 10.2. The SMILES string of the molecule is CC1CCCC(OCC(=O)Nc2ccnn2C2CCCc3ccccc32)C1. The Morgan fingerprint density at radius 1 is 1.22 bits per heavy atom. The van der Waals surface area contributed by atoms with E-state index in [4.69, 9.17) is 4.74 Å². The lowest BCUT2D eigenvalue weighted by Gasteiger charge is -2.27. The summed E-state index contributed by atoms with van der Waals surface area (Å²) in [6.07, 6.45) is 9.86. The number of carbonyl (C=O) groups excluding carboxylic acids is 1. The van der Waals surface area contributed by atoms with Crippen LogP contribution in [0.1, 0.15) is 62.6 Å². The molecule has 144 valence electrons. The third-order valence-electron chi connectivity index (χ3n) is 5.91. The highest BCUT2D eigenvalue weighted by Gasteiger charge is 2.24. The summed E-state index contributed by atoms with van der Waals surface area (Å²) in [5.74, 6) is 1.35. The molecule has 27 heavy (non-hydrogen) atoms. The largest absolute Gasteiger partial charge is 0.368 e. The number of carbonyl (C=O) groups is 1. The lowest BCUT2D eigenvalue weighted by molar-refractivity contribution is -0.123. The number of aryl methyl sites for hydroxylation is 1. The van der Waals surface area contributed by atoms with E-state index in [0.717, 1.165) is 37.9 Å². The van der Waals surface area contributed by atoms with Gasteiger partial charge in [0.15, 0.2) is 0 Å². The fourth-order valence-electron chi connectivity index (χ4n) is 4.55. The Balaban J connectivity index is 1.40. The molecular formula is C22H29N3O2. The molecule has 3 unspecified atom stereocenters. The topological polar surface area (TPSA) is 56.1 Å². The molecule has 4 rings (SSSR count). The maximum atomic E-state index is 12.4. The summed E-state index contributed by atoms with van der Waals surface area (Å²) >= 11 is 0. The first-order valence-corrected chi connectivity index (χ1v) is 10.2. The molecule has 1 amide bonds. The predicted molar refractivity (Wildman–Crippen MR) is 106 cm³/mol. The molecular weight excluding hydrogens is 338 g/mol. The number of fused-ring (bicyclic) bond motifs is 1. The molecule has 2 aliphatic carbocycles. The molecule has 0 radical (unpaired) electrons. The number of nitrogens with zero attached hydrogens (tertiary/aromatic N) is 2. The van der Waals surface area contributed by atoms with Crippen LogP contribution in [0, 0.1) is 5.92 Å². The van der Waals surface area contributed by atoms with Crippen LogP contribution in [0.3, 0.4) is 0 Å². The van der Waals surface area contributed by atoms with Gasteiger partial charge in [-0.15, -0.1) is 0 Å². The summed E-state index contributed by atoms with van der Waals surface area (Å²) in [4.78, 5) is 12.4. The number of amides is 1. The monoisotopic (exact) mass is 367 g/mol. The van der Waals surface area contributed by atoms with Crippen molar-refractivity contribution in [1.82, 2.24) is 9.78 Å². The average molecular weight is 367 g/mol. The lowest BCUT2D eigenvalue weighted by Crippen LogP contribution is -2.28. The van der Waals surface area contributed by atoms with Crippen LogP contribution in [-0.4, -0.2) is 28.4 Å². The van der Waals surface area contributed by atoms with Crippen molar-refractivity contribution >= 4 is 11.7 Å². The maximum absolute atomic E-state index is 12.4. The molecule has 1 aromatic heterocycles. The van der Waals surface area contributed by atoms with Gasteiger partial charge >= 0.3 is 0 Å². The number of benzene rings is 1. The molecule has 1 N–H and O–H groups in total. The summed E-state index contributed by atoms with van der Waals surface area (Å²) in [7, 11) is 0. The molecule has 3 atom stereocenters. The molecule has 5 heteroatoms. The summed E-state index contributed by atoms with van der Waals surface area (Å²) in [5.41, 5.74) is 2.70. The minimum Gasteiger partial charge on any atom is -0.368 e. The molecule has 1 fully saturated rings. The fraction of sp³-hybridized carbons (Fsp3) is 0.545. The number of ether oxygens (including phenoxy) is 1. The normalized spacial score (nSPS) is 25.0. The van der Waals surface area contributed by atoms with E-state index in [9.17, 15) is 4.79 Å². The second-order valence-electron chi connectivity index (χ2n) is 8.02. The number of hydrogen-bond acceptors (Lipinski definition) is 3. The Hall–Kier alpha value is -2.14. The van der Waals surface area contributed by atoms with E-state index in [1.165, 1.54) is 24.0 Å². The van der Waals surface area contributed by atoms with Gasteiger partial charge in [-0.1, -0.05) is 44.0 Å². The lowest BCUT2D eigenvalue weighted by atomic mass is 9.88. The molecule has 2 aliphatic rings. The quantitative estimate of drug-likeness (QED) is 0.855. The Labute approximate surface area is 161 Å². The molecule has 0 spiro atoms. The third-order valence-corrected chi connectivity index (χ3v) is 5.91. The maximum Gasteiger partial charge on any atom is 0.251 e. The number of hydrogen-bond donors (Lipinski definition) is 1. The molecule has 1 saturated carbocycles. The van der Waals surface area contributed by atoms with E-state index in [-0.39, 0.29) is 24.7 Å². The van der Waals surface area contributed by atoms with Crippen molar-refractivity contribution in [2.45, 2.75) is 64.0 Å². The van der Waals surface area contributed by atoms with Gasteiger partial charge in [0.1, 0.15) is 12.4 Å². The fourth-order valence-corrected chi connectivity index (χ4v) is 4.55. The van der Waals surface area contributed by atoms with Crippen molar-refractivity contribution in [2.75, 3.05) is 11.9 Å². The van der Waals surface area contributed by atoms with Gasteiger partial charge in [-0.3, -0.25) is 4.79 Å². The second-order valence-corrected chi connectivity index (χ2v) is 8.02. The van der Waals surface area contributed by atoms with Crippen LogP contribution in [0.2, 0.25) is 0 Å². The number of anilines is 1. The van der Waals surface area contributed by atoms with Gasteiger partial charge in [-0.25, -0.2) is 4.68 Å². The molecule has 2 aromatic rings. The zero-order valence-electron chi connectivity index (χ0n) is 16.1. The van der Waals surface area contributed by atoms with Crippen LogP contribution in [-0.2, 0) is 16.0 Å². The van der Waals surface area contributed by atoms with Crippen molar-refractivity contribution in [3.63, 3.8) is 0 Å². The Morgan fingerprint density at radius 2 is 2.11 bits per heavy atom. The predicted octanol–water partition coefficient (Wildman–Crippen LogP) is 4.34. The van der Waals surface area contributed by atoms with Gasteiger partial charge in [0.05, 0.1) is 18.3 Å². The van der Waals surface area contributed by atoms with Crippen LogP contribution in [0.4, 0.5) is 5.82 Å². The van der Waals surface area contributed by atoms with Gasteiger partial charge in [0.2, 0.25) is 0 Å². The van der Waals surface area contributed by atoms with E-state index in [1.54, 1.807) is 6.20 Å². The number of nitrogens with one attached hydrogen (secondary N) is 1. The van der Waals surface area contributed by atoms with Crippen LogP contribution >= 0.6 is 0 Å². The molecule has 5 nitrogen and oxygen atoms in total. The highest BCUT2D eigenvalue weighted by atomic mass is 16.5. The minimum atomic E-state index is -0.0981. The van der Waals surface area contributed by atoms with Gasteiger partial charge in [-0.05, 0) is 49.1 Å². The van der Waals surface area contributed by atoms with Gasteiger partial charge in [0, 0.05) is 6.07 Å². The highest BCUT2D eigenvalue weighted by Crippen LogP contribution is 2.34. The third kappa shape index (κ3) is 4.24. The smallest absolute Gasteiger partial charge is 0.251 e. The number of rotatable bonds is 5. The van der Waals surface area contributed by atoms with Crippen LogP contribution in [0.15, 0.2) is 36.5 Å². The van der Waals surface area contributed by atoms with E-state index in [1.807, 2.05) is 10.7 Å². The van der Waals surface area contributed by atoms with Gasteiger partial charge in [0.25, 0.3) is 5.91 Å². The molecule has 1 aromatic carbocycles. The van der Waals surface area contributed by atoms with E-state index >= 15 is 0 Å². The standard InChI is InChI=1S/C22H29N3O2/c1-16-6-4-9-18(14-16)27-15-22(26)24-21-12-13-23-25(21)20-11-5-8-17-7-2-3-10-19(17)20/h2-3,7,10,12-13,16,18,20H,4-6,8-9,11,14-15H2,1H3,(H,24,26). The van der Waals surface area contributed by atoms with E-state index in [2.05, 4.69) is 41.6 Å². The summed E-state index contributed by atoms with van der Waals surface area (Å²) in [5, 5.41) is 7.52. The average Bonchev–Trinajstić information content (AvgIpc) is 3.14. The zero-order chi connectivity index (χ0) is 18.6. The summed E-state index contributed by atoms with van der Waals surface area (Å²) in [6.45, 7) is 2.37. The highest BCUT2D eigenvalue weighted by molar-refractivity contribution is 5.90. The van der Waals surface area contributed by atoms with Crippen molar-refractivity contribution < 1.29 is 9.53 Å². The second kappa shape index (κ2) is 8.26. The first kappa shape index (κ1) is 18.2. The minimum absolute atomic E-state index is 0.0981. The molecule has 0 aliphatic heterocycles. The molecule has 0 bridgehead atoms. The Morgan fingerprint density at radius 3 is 3.00 bits per heavy atom. The van der Waals surface area contributed by atoms with Crippen LogP contribution < -0.4 is 5.32 Å². The molecule has 0 saturated heterocycles. The van der Waals surface area contributed by atoms with Crippen molar-refractivity contribution in [3.05, 3.63) is 47.7 Å². The van der Waals surface area contributed by atoms with E-state index < -0.39 is 0 Å². The van der Waals surface area contributed by atoms with Gasteiger partial charge in [-0.2, -0.15) is 5.10 Å². The number of aromatic nitrogens is 2. The van der Waals surface area contributed by atoms with Crippen LogP contribution in [0.5, 0.6) is 0 Å². The van der Waals surface area contributed by atoms with Gasteiger partial charge < -0.3 is 10.1 Å². The van der Waals surface area contributed by atoms with Crippen molar-refractivity contribution in [3.8, 4) is 0 Å². The Bertz CT molecular complexity index is 785. The van der Waals surface area contributed by atoms with Crippen LogP contribution in [0.25, 0.3) is 0 Å². The summed E-state index contributed by atoms with van der Waals surface area (Å²) < 4.78 is 7.82. The Kier molecular flexibility index (Phi) is 5.58. The van der Waals surface area contributed by atoms with Crippen molar-refractivity contribution in [2.24, 2.45) is 5.92 Å². The molecule has 1 heterocycles. The summed E-state index contributed by atoms with van der Waals surface area (Å²) in [6, 6.07) is 10.6. The van der Waals surface area contributed by atoms with E-state index in [0.29, 0.717) is 5.92 Å². The van der Waals surface area contributed by atoms with Crippen molar-refractivity contribution in [1.29, 1.82) is 0 Å².